The highest BCUT2D eigenvalue weighted by molar-refractivity contribution is 5.89. The molecule has 0 unspecified atom stereocenters. The Balaban J connectivity index is 1.80. The molecule has 2 aliphatic heterocycles. The molecule has 2 saturated heterocycles. The number of aliphatic hydroxyl groups is 1. The van der Waals surface area contributed by atoms with E-state index < -0.39 is 11.7 Å². The van der Waals surface area contributed by atoms with E-state index >= 15 is 0 Å². The van der Waals surface area contributed by atoms with Crippen LogP contribution in [0, 0.1) is 5.92 Å². The summed E-state index contributed by atoms with van der Waals surface area (Å²) in [4.78, 5) is 12.2. The van der Waals surface area contributed by atoms with Crippen molar-refractivity contribution in [2.45, 2.75) is 89.1 Å². The number of rotatable bonds is 0. The van der Waals surface area contributed by atoms with Crippen molar-refractivity contribution in [3.05, 3.63) is 23.8 Å². The number of carbonyl (C=O) groups excluding carboxylic acids is 1. The smallest absolute Gasteiger partial charge is 0.334 e. The number of allylic oxidation sites excluding steroid dienone is 2. The van der Waals surface area contributed by atoms with Crippen LogP contribution in [0.25, 0.3) is 0 Å². The maximum Gasteiger partial charge on any atom is 0.334 e. The van der Waals surface area contributed by atoms with E-state index in [4.69, 9.17) is 9.47 Å². The number of epoxide rings is 1. The van der Waals surface area contributed by atoms with Crippen LogP contribution in [0.3, 0.4) is 0 Å². The lowest BCUT2D eigenvalue weighted by atomic mass is 9.79. The molecule has 3 rings (SSSR count). The number of carbonyl (C=O) groups is 1. The topological polar surface area (TPSA) is 59.1 Å². The van der Waals surface area contributed by atoms with Crippen LogP contribution >= 0.6 is 0 Å². The first-order chi connectivity index (χ1) is 11.2. The summed E-state index contributed by atoms with van der Waals surface area (Å²) in [5.41, 5.74) is 0.820. The third-order valence-corrected chi connectivity index (χ3v) is 6.17. The van der Waals surface area contributed by atoms with Crippen LogP contribution in [0.1, 0.15) is 65.7 Å². The number of fused-ring (bicyclic) bond motifs is 3. The highest BCUT2D eigenvalue weighted by Crippen LogP contribution is 2.46. The van der Waals surface area contributed by atoms with Crippen molar-refractivity contribution in [2.75, 3.05) is 0 Å². The van der Waals surface area contributed by atoms with Gasteiger partial charge in [0.05, 0.1) is 17.3 Å². The van der Waals surface area contributed by atoms with Gasteiger partial charge in [-0.05, 0) is 71.6 Å². The van der Waals surface area contributed by atoms with Crippen molar-refractivity contribution in [2.24, 2.45) is 5.92 Å². The van der Waals surface area contributed by atoms with Gasteiger partial charge in [-0.25, -0.2) is 4.79 Å². The van der Waals surface area contributed by atoms with Gasteiger partial charge in [-0.2, -0.15) is 0 Å². The highest BCUT2D eigenvalue weighted by Gasteiger charge is 2.52. The Kier molecular flexibility index (Phi) is 4.65. The van der Waals surface area contributed by atoms with E-state index in [-0.39, 0.29) is 17.5 Å². The molecule has 0 spiro atoms. The minimum absolute atomic E-state index is 0.0654. The number of hydrogen-bond acceptors (Lipinski definition) is 4. The summed E-state index contributed by atoms with van der Waals surface area (Å²) in [5, 5.41) is 10.8. The van der Waals surface area contributed by atoms with Crippen LogP contribution in [0.4, 0.5) is 0 Å². The quantitative estimate of drug-likeness (QED) is 0.318. The van der Waals surface area contributed by atoms with E-state index in [0.717, 1.165) is 32.1 Å². The molecule has 2 heterocycles. The standard InChI is InChI=1S/C20H30O4/c1-13-6-5-10-19(3,22)17-12-15(14(2)18(21)23-17)9-11-20(4)16(24-20)8-7-13/h6,15-17,22H,2,5,7-12H2,1,3-4H3/t15-,16+,17+,19-,20-/m1/s1. The van der Waals surface area contributed by atoms with Crippen LogP contribution < -0.4 is 0 Å². The molecule has 0 radical (unpaired) electrons. The lowest BCUT2D eigenvalue weighted by molar-refractivity contribution is -0.168. The average Bonchev–Trinajstić information content (AvgIpc) is 3.16. The Hall–Kier alpha value is -1.13. The van der Waals surface area contributed by atoms with Gasteiger partial charge in [-0.1, -0.05) is 18.2 Å². The monoisotopic (exact) mass is 334 g/mol. The normalized spacial score (nSPS) is 44.0. The Morgan fingerprint density at radius 2 is 2.00 bits per heavy atom. The summed E-state index contributed by atoms with van der Waals surface area (Å²) in [5.74, 6) is -0.279. The van der Waals surface area contributed by atoms with Gasteiger partial charge in [0, 0.05) is 5.57 Å². The van der Waals surface area contributed by atoms with Crippen molar-refractivity contribution in [3.8, 4) is 0 Å². The number of hydrogen-bond donors (Lipinski definition) is 1. The molecular weight excluding hydrogens is 304 g/mol. The molecule has 2 fully saturated rings. The van der Waals surface area contributed by atoms with E-state index in [1.165, 1.54) is 5.57 Å². The summed E-state index contributed by atoms with van der Waals surface area (Å²) < 4.78 is 11.4. The predicted octanol–water partition coefficient (Wildman–Crippen LogP) is 3.68. The molecule has 4 nitrogen and oxygen atoms in total. The largest absolute Gasteiger partial charge is 0.456 e. The summed E-state index contributed by atoms with van der Waals surface area (Å²) in [7, 11) is 0. The van der Waals surface area contributed by atoms with Gasteiger partial charge in [0.2, 0.25) is 0 Å². The molecule has 24 heavy (non-hydrogen) atoms. The van der Waals surface area contributed by atoms with Gasteiger partial charge in [0.1, 0.15) is 6.10 Å². The first kappa shape index (κ1) is 17.7. The maximum absolute atomic E-state index is 12.2. The Morgan fingerprint density at radius 3 is 2.75 bits per heavy atom. The predicted molar refractivity (Wildman–Crippen MR) is 92.5 cm³/mol. The lowest BCUT2D eigenvalue weighted by Gasteiger charge is -2.39. The van der Waals surface area contributed by atoms with Crippen LogP contribution in [0.5, 0.6) is 0 Å². The van der Waals surface area contributed by atoms with E-state index in [0.29, 0.717) is 24.5 Å². The van der Waals surface area contributed by atoms with Gasteiger partial charge in [-0.3, -0.25) is 0 Å². The molecule has 3 aliphatic rings. The fraction of sp³-hybridized carbons (Fsp3) is 0.750. The Bertz CT molecular complexity index is 562. The molecule has 1 N–H and O–H groups in total. The average molecular weight is 334 g/mol. The van der Waals surface area contributed by atoms with Crippen LogP contribution in [0.15, 0.2) is 23.8 Å². The SMILES string of the molecule is C=C1C(=O)O[C@H]2C[C@H]1CC[C@@]1(C)O[C@H]1CCC(C)=CCC[C@@]2(C)O. The van der Waals surface area contributed by atoms with Crippen molar-refractivity contribution >= 4 is 5.97 Å². The molecule has 5 atom stereocenters. The van der Waals surface area contributed by atoms with Gasteiger partial charge < -0.3 is 14.6 Å². The van der Waals surface area contributed by atoms with Crippen molar-refractivity contribution < 1.29 is 19.4 Å². The molecule has 0 aromatic rings. The molecular formula is C20H30O4. The second-order valence-corrected chi connectivity index (χ2v) is 8.29. The summed E-state index contributed by atoms with van der Waals surface area (Å²) >= 11 is 0. The van der Waals surface area contributed by atoms with E-state index in [9.17, 15) is 9.90 Å². The Labute approximate surface area is 144 Å². The zero-order chi connectivity index (χ0) is 17.5. The van der Waals surface area contributed by atoms with Crippen molar-refractivity contribution in [1.82, 2.24) is 0 Å². The first-order valence-electron chi connectivity index (χ1n) is 9.17. The van der Waals surface area contributed by atoms with Crippen LogP contribution in [0.2, 0.25) is 0 Å². The minimum atomic E-state index is -1.00. The second kappa shape index (κ2) is 6.30. The van der Waals surface area contributed by atoms with Gasteiger partial charge in [0.15, 0.2) is 0 Å². The van der Waals surface area contributed by atoms with Gasteiger partial charge in [-0.15, -0.1) is 0 Å². The highest BCUT2D eigenvalue weighted by atomic mass is 16.6. The van der Waals surface area contributed by atoms with Crippen LogP contribution in [-0.4, -0.2) is 34.5 Å². The lowest BCUT2D eigenvalue weighted by Crippen LogP contribution is -2.47. The van der Waals surface area contributed by atoms with E-state index in [2.05, 4.69) is 26.5 Å². The van der Waals surface area contributed by atoms with Crippen molar-refractivity contribution in [3.63, 3.8) is 0 Å². The molecule has 0 amide bonds. The molecule has 0 aromatic carbocycles. The number of ether oxygens (including phenoxy) is 2. The summed E-state index contributed by atoms with van der Waals surface area (Å²) in [6, 6.07) is 0. The van der Waals surface area contributed by atoms with E-state index in [1.54, 1.807) is 6.92 Å². The van der Waals surface area contributed by atoms with Crippen molar-refractivity contribution in [1.29, 1.82) is 0 Å². The zero-order valence-electron chi connectivity index (χ0n) is 15.1. The van der Waals surface area contributed by atoms with Gasteiger partial charge in [0.25, 0.3) is 0 Å². The third-order valence-electron chi connectivity index (χ3n) is 6.17. The fourth-order valence-corrected chi connectivity index (χ4v) is 4.06. The fourth-order valence-electron chi connectivity index (χ4n) is 4.06. The first-order valence-corrected chi connectivity index (χ1v) is 9.17. The Morgan fingerprint density at radius 1 is 1.25 bits per heavy atom. The maximum atomic E-state index is 12.2. The second-order valence-electron chi connectivity index (χ2n) is 8.29. The van der Waals surface area contributed by atoms with Crippen LogP contribution in [-0.2, 0) is 14.3 Å². The molecule has 1 aliphatic carbocycles. The third kappa shape index (κ3) is 3.60. The minimum Gasteiger partial charge on any atom is -0.456 e. The van der Waals surface area contributed by atoms with E-state index in [1.807, 2.05) is 0 Å². The summed E-state index contributed by atoms with van der Waals surface area (Å²) in [6.07, 6.45) is 7.98. The summed E-state index contributed by atoms with van der Waals surface area (Å²) in [6.45, 7) is 10.0. The molecule has 2 bridgehead atoms. The molecule has 134 valence electrons. The molecule has 0 saturated carbocycles. The zero-order valence-corrected chi connectivity index (χ0v) is 15.1. The molecule has 4 heteroatoms. The van der Waals surface area contributed by atoms with Gasteiger partial charge >= 0.3 is 5.97 Å². The molecule has 0 aromatic heterocycles. The number of esters is 1.